The number of benzene rings is 1. The standard InChI is InChI=1S/C14H10ClN3O5/c15-9-4-5-12(18(21)22)11(7-9)17-13(19)8-23-14(20)10-3-1-2-6-16-10/h1-7H,8H2,(H,17,19). The topological polar surface area (TPSA) is 111 Å². The number of carbonyl (C=O) groups is 2. The number of hydrogen-bond acceptors (Lipinski definition) is 6. The Labute approximate surface area is 135 Å². The molecule has 0 radical (unpaired) electrons. The van der Waals surface area contributed by atoms with Gasteiger partial charge in [0, 0.05) is 17.3 Å². The molecule has 9 heteroatoms. The monoisotopic (exact) mass is 335 g/mol. The van der Waals surface area contributed by atoms with Gasteiger partial charge >= 0.3 is 5.97 Å². The summed E-state index contributed by atoms with van der Waals surface area (Å²) in [5.41, 5.74) is -0.353. The van der Waals surface area contributed by atoms with E-state index in [9.17, 15) is 19.7 Å². The number of nitrogens with zero attached hydrogens (tertiary/aromatic N) is 2. The van der Waals surface area contributed by atoms with E-state index < -0.39 is 23.4 Å². The lowest BCUT2D eigenvalue weighted by molar-refractivity contribution is -0.383. The van der Waals surface area contributed by atoms with E-state index >= 15 is 0 Å². The third kappa shape index (κ3) is 4.48. The fourth-order valence-corrected chi connectivity index (χ4v) is 1.81. The summed E-state index contributed by atoms with van der Waals surface area (Å²) >= 11 is 5.74. The van der Waals surface area contributed by atoms with Gasteiger partial charge in [-0.3, -0.25) is 14.9 Å². The Morgan fingerprint density at radius 1 is 1.30 bits per heavy atom. The number of carbonyl (C=O) groups excluding carboxylic acids is 2. The Morgan fingerprint density at radius 2 is 2.09 bits per heavy atom. The van der Waals surface area contributed by atoms with Gasteiger partial charge in [-0.2, -0.15) is 0 Å². The minimum absolute atomic E-state index is 0.0500. The van der Waals surface area contributed by atoms with Crippen LogP contribution in [0.5, 0.6) is 0 Å². The highest BCUT2D eigenvalue weighted by Gasteiger charge is 2.17. The van der Waals surface area contributed by atoms with Crippen molar-refractivity contribution in [1.29, 1.82) is 0 Å². The summed E-state index contributed by atoms with van der Waals surface area (Å²) in [6, 6.07) is 8.38. The number of nitrogens with one attached hydrogen (secondary N) is 1. The van der Waals surface area contributed by atoms with E-state index in [-0.39, 0.29) is 22.1 Å². The predicted molar refractivity (Wildman–Crippen MR) is 81.3 cm³/mol. The van der Waals surface area contributed by atoms with E-state index in [2.05, 4.69) is 10.3 Å². The van der Waals surface area contributed by atoms with Crippen molar-refractivity contribution in [3.05, 3.63) is 63.4 Å². The maximum absolute atomic E-state index is 11.8. The smallest absolute Gasteiger partial charge is 0.357 e. The van der Waals surface area contributed by atoms with Gasteiger partial charge in [-0.25, -0.2) is 9.78 Å². The van der Waals surface area contributed by atoms with Crippen molar-refractivity contribution < 1.29 is 19.2 Å². The van der Waals surface area contributed by atoms with Gasteiger partial charge in [0.2, 0.25) is 0 Å². The van der Waals surface area contributed by atoms with Crippen LogP contribution in [-0.2, 0) is 9.53 Å². The molecule has 1 aromatic carbocycles. The van der Waals surface area contributed by atoms with Gasteiger partial charge in [-0.05, 0) is 24.3 Å². The summed E-state index contributed by atoms with van der Waals surface area (Å²) in [4.78, 5) is 37.4. The summed E-state index contributed by atoms with van der Waals surface area (Å²) in [5.74, 6) is -1.51. The lowest BCUT2D eigenvalue weighted by atomic mass is 10.2. The van der Waals surface area contributed by atoms with Crippen LogP contribution in [0.4, 0.5) is 11.4 Å². The molecule has 0 fully saturated rings. The van der Waals surface area contributed by atoms with Crippen LogP contribution in [0.15, 0.2) is 42.6 Å². The zero-order chi connectivity index (χ0) is 16.8. The number of hydrogen-bond donors (Lipinski definition) is 1. The van der Waals surface area contributed by atoms with Gasteiger partial charge in [0.15, 0.2) is 6.61 Å². The summed E-state index contributed by atoms with van der Waals surface area (Å²) in [5, 5.41) is 13.4. The molecule has 23 heavy (non-hydrogen) atoms. The molecule has 2 rings (SSSR count). The minimum Gasteiger partial charge on any atom is -0.451 e. The van der Waals surface area contributed by atoms with Gasteiger partial charge in [0.1, 0.15) is 11.4 Å². The summed E-state index contributed by atoms with van der Waals surface area (Å²) in [6.45, 7) is -0.612. The van der Waals surface area contributed by atoms with E-state index in [1.165, 1.54) is 24.4 Å². The van der Waals surface area contributed by atoms with E-state index in [0.29, 0.717) is 0 Å². The van der Waals surface area contributed by atoms with Crippen LogP contribution in [0.25, 0.3) is 0 Å². The molecule has 0 unspecified atom stereocenters. The Morgan fingerprint density at radius 3 is 2.74 bits per heavy atom. The van der Waals surface area contributed by atoms with Crippen LogP contribution in [0.2, 0.25) is 5.02 Å². The molecule has 0 saturated carbocycles. The SMILES string of the molecule is O=C(COC(=O)c1ccccn1)Nc1cc(Cl)ccc1[N+](=O)[O-]. The number of anilines is 1. The van der Waals surface area contributed by atoms with Gasteiger partial charge in [0.25, 0.3) is 11.6 Å². The maximum Gasteiger partial charge on any atom is 0.357 e. The third-order valence-electron chi connectivity index (χ3n) is 2.64. The number of halogens is 1. The Bertz CT molecular complexity index is 751. The van der Waals surface area contributed by atoms with Gasteiger partial charge in [0.05, 0.1) is 4.92 Å². The number of ether oxygens (including phenoxy) is 1. The van der Waals surface area contributed by atoms with Crippen molar-refractivity contribution in [3.63, 3.8) is 0 Å². The van der Waals surface area contributed by atoms with Crippen molar-refractivity contribution in [3.8, 4) is 0 Å². The molecule has 1 amide bonds. The first-order valence-electron chi connectivity index (χ1n) is 6.29. The molecule has 1 aromatic heterocycles. The Hall–Kier alpha value is -3.00. The number of rotatable bonds is 5. The van der Waals surface area contributed by atoms with Crippen LogP contribution in [0, 0.1) is 10.1 Å². The molecule has 1 heterocycles. The molecule has 0 aliphatic heterocycles. The van der Waals surface area contributed by atoms with E-state index in [4.69, 9.17) is 16.3 Å². The molecule has 0 aliphatic carbocycles. The highest BCUT2D eigenvalue weighted by atomic mass is 35.5. The first-order chi connectivity index (χ1) is 11.0. The number of nitro benzene ring substituents is 1. The van der Waals surface area contributed by atoms with Crippen molar-refractivity contribution in [2.45, 2.75) is 0 Å². The quantitative estimate of drug-likeness (QED) is 0.510. The molecular formula is C14H10ClN3O5. The number of esters is 1. The third-order valence-corrected chi connectivity index (χ3v) is 2.87. The molecule has 0 aliphatic rings. The molecule has 0 saturated heterocycles. The average Bonchev–Trinajstić information content (AvgIpc) is 2.53. The zero-order valence-electron chi connectivity index (χ0n) is 11.6. The van der Waals surface area contributed by atoms with Crippen LogP contribution in [-0.4, -0.2) is 28.4 Å². The van der Waals surface area contributed by atoms with Crippen molar-refractivity contribution in [1.82, 2.24) is 4.98 Å². The summed E-state index contributed by atoms with van der Waals surface area (Å²) in [7, 11) is 0. The molecule has 0 spiro atoms. The molecular weight excluding hydrogens is 326 g/mol. The van der Waals surface area contributed by atoms with E-state index in [1.54, 1.807) is 12.1 Å². The van der Waals surface area contributed by atoms with E-state index in [0.717, 1.165) is 6.07 Å². The molecule has 0 bridgehead atoms. The zero-order valence-corrected chi connectivity index (χ0v) is 12.3. The summed E-state index contributed by atoms with van der Waals surface area (Å²) in [6.07, 6.45) is 1.41. The van der Waals surface area contributed by atoms with Crippen LogP contribution in [0.1, 0.15) is 10.5 Å². The molecule has 8 nitrogen and oxygen atoms in total. The van der Waals surface area contributed by atoms with Crippen molar-refractivity contribution >= 4 is 34.9 Å². The second kappa shape index (κ2) is 7.32. The highest BCUT2D eigenvalue weighted by Crippen LogP contribution is 2.27. The largest absolute Gasteiger partial charge is 0.451 e. The number of aromatic nitrogens is 1. The Kier molecular flexibility index (Phi) is 5.21. The second-order valence-corrected chi connectivity index (χ2v) is 4.69. The molecule has 1 N–H and O–H groups in total. The normalized spacial score (nSPS) is 9.96. The first-order valence-corrected chi connectivity index (χ1v) is 6.67. The van der Waals surface area contributed by atoms with Crippen LogP contribution < -0.4 is 5.32 Å². The highest BCUT2D eigenvalue weighted by molar-refractivity contribution is 6.31. The number of pyridine rings is 1. The van der Waals surface area contributed by atoms with Crippen LogP contribution in [0.3, 0.4) is 0 Å². The second-order valence-electron chi connectivity index (χ2n) is 4.26. The first kappa shape index (κ1) is 16.4. The maximum atomic E-state index is 11.8. The average molecular weight is 336 g/mol. The van der Waals surface area contributed by atoms with Crippen molar-refractivity contribution in [2.75, 3.05) is 11.9 Å². The molecule has 0 atom stereocenters. The van der Waals surface area contributed by atoms with Gasteiger partial charge < -0.3 is 10.1 Å². The lowest BCUT2D eigenvalue weighted by Crippen LogP contribution is -2.21. The fraction of sp³-hybridized carbons (Fsp3) is 0.0714. The van der Waals surface area contributed by atoms with Crippen molar-refractivity contribution in [2.24, 2.45) is 0 Å². The van der Waals surface area contributed by atoms with Crippen LogP contribution >= 0.6 is 11.6 Å². The Balaban J connectivity index is 1.99. The van der Waals surface area contributed by atoms with Gasteiger partial charge in [-0.15, -0.1) is 0 Å². The molecule has 118 valence electrons. The predicted octanol–water partition coefficient (Wildman–Crippen LogP) is 2.44. The minimum atomic E-state index is -0.777. The fourth-order valence-electron chi connectivity index (χ4n) is 1.64. The molecule has 2 aromatic rings. The summed E-state index contributed by atoms with van der Waals surface area (Å²) < 4.78 is 4.78. The van der Waals surface area contributed by atoms with Gasteiger partial charge in [-0.1, -0.05) is 17.7 Å². The lowest BCUT2D eigenvalue weighted by Gasteiger charge is -2.07. The van der Waals surface area contributed by atoms with E-state index in [1.807, 2.05) is 0 Å². The number of amides is 1. The number of nitro groups is 1.